The summed E-state index contributed by atoms with van der Waals surface area (Å²) >= 11 is 6.25. The standard InChI is InChI=1S/C21H24ClNO4/c1-14(2)27-20-8-5-16(9-19(20)22)13-26-18-6-3-15(4-7-18)10-23-11-17(12-23)21(24)25/h3-9,14,17H,10-13H2,1-2H3,(H,24,25). The highest BCUT2D eigenvalue weighted by atomic mass is 35.5. The monoisotopic (exact) mass is 389 g/mol. The molecule has 1 saturated heterocycles. The minimum Gasteiger partial charge on any atom is -0.489 e. The van der Waals surface area contributed by atoms with E-state index in [9.17, 15) is 4.79 Å². The van der Waals surface area contributed by atoms with E-state index in [1.165, 1.54) is 0 Å². The van der Waals surface area contributed by atoms with Gasteiger partial charge in [-0.2, -0.15) is 0 Å². The number of hydrogen-bond donors (Lipinski definition) is 1. The predicted molar refractivity (Wildman–Crippen MR) is 104 cm³/mol. The lowest BCUT2D eigenvalue weighted by Crippen LogP contribution is -2.49. The summed E-state index contributed by atoms with van der Waals surface area (Å²) in [5.74, 6) is 0.524. The van der Waals surface area contributed by atoms with Gasteiger partial charge in [0.25, 0.3) is 0 Å². The van der Waals surface area contributed by atoms with E-state index >= 15 is 0 Å². The van der Waals surface area contributed by atoms with Crippen molar-refractivity contribution in [2.24, 2.45) is 5.92 Å². The minimum atomic E-state index is -0.709. The molecule has 0 spiro atoms. The average molecular weight is 390 g/mol. The van der Waals surface area contributed by atoms with Crippen molar-refractivity contribution >= 4 is 17.6 Å². The maximum Gasteiger partial charge on any atom is 0.309 e. The highest BCUT2D eigenvalue weighted by Gasteiger charge is 2.32. The van der Waals surface area contributed by atoms with Crippen molar-refractivity contribution in [2.75, 3.05) is 13.1 Å². The summed E-state index contributed by atoms with van der Waals surface area (Å²) < 4.78 is 11.5. The summed E-state index contributed by atoms with van der Waals surface area (Å²) in [5.41, 5.74) is 2.12. The van der Waals surface area contributed by atoms with Crippen LogP contribution in [-0.4, -0.2) is 35.2 Å². The Morgan fingerprint density at radius 3 is 2.44 bits per heavy atom. The maximum atomic E-state index is 10.8. The van der Waals surface area contributed by atoms with Crippen LogP contribution in [0.3, 0.4) is 0 Å². The molecule has 0 aliphatic carbocycles. The Morgan fingerprint density at radius 2 is 1.85 bits per heavy atom. The van der Waals surface area contributed by atoms with Crippen molar-refractivity contribution < 1.29 is 19.4 Å². The van der Waals surface area contributed by atoms with Gasteiger partial charge in [-0.3, -0.25) is 9.69 Å². The van der Waals surface area contributed by atoms with Crippen molar-refractivity contribution in [1.82, 2.24) is 4.90 Å². The molecule has 0 amide bonds. The number of rotatable bonds is 8. The van der Waals surface area contributed by atoms with Crippen LogP contribution in [0.1, 0.15) is 25.0 Å². The third-order valence-electron chi connectivity index (χ3n) is 4.40. The van der Waals surface area contributed by atoms with Crippen LogP contribution in [0.4, 0.5) is 0 Å². The first-order valence-electron chi connectivity index (χ1n) is 9.02. The SMILES string of the molecule is CC(C)Oc1ccc(COc2ccc(CN3CC(C(=O)O)C3)cc2)cc1Cl. The van der Waals surface area contributed by atoms with Crippen molar-refractivity contribution in [2.45, 2.75) is 33.1 Å². The van der Waals surface area contributed by atoms with E-state index in [0.717, 1.165) is 23.4 Å². The first kappa shape index (κ1) is 19.5. The first-order valence-corrected chi connectivity index (χ1v) is 9.40. The lowest BCUT2D eigenvalue weighted by molar-refractivity contribution is -0.147. The molecule has 144 valence electrons. The third kappa shape index (κ3) is 5.37. The number of nitrogens with zero attached hydrogens (tertiary/aromatic N) is 1. The van der Waals surface area contributed by atoms with E-state index < -0.39 is 5.97 Å². The Bertz CT molecular complexity index is 785. The van der Waals surface area contributed by atoms with Gasteiger partial charge in [-0.1, -0.05) is 29.8 Å². The average Bonchev–Trinajstić information content (AvgIpc) is 2.58. The predicted octanol–water partition coefficient (Wildman–Crippen LogP) is 4.22. The van der Waals surface area contributed by atoms with Gasteiger partial charge in [-0.05, 0) is 49.2 Å². The van der Waals surface area contributed by atoms with Gasteiger partial charge in [0.2, 0.25) is 0 Å². The Morgan fingerprint density at radius 1 is 1.19 bits per heavy atom. The van der Waals surface area contributed by atoms with E-state index in [-0.39, 0.29) is 12.0 Å². The zero-order valence-corrected chi connectivity index (χ0v) is 16.3. The maximum absolute atomic E-state index is 10.8. The number of halogens is 1. The van der Waals surface area contributed by atoms with Crippen LogP contribution < -0.4 is 9.47 Å². The second kappa shape index (κ2) is 8.63. The molecule has 0 saturated carbocycles. The second-order valence-corrected chi connectivity index (χ2v) is 7.50. The fourth-order valence-electron chi connectivity index (χ4n) is 2.95. The lowest BCUT2D eigenvalue weighted by Gasteiger charge is -2.36. The summed E-state index contributed by atoms with van der Waals surface area (Å²) in [6.07, 6.45) is 0.0781. The van der Waals surface area contributed by atoms with Crippen LogP contribution >= 0.6 is 11.6 Å². The second-order valence-electron chi connectivity index (χ2n) is 7.09. The zero-order chi connectivity index (χ0) is 19.4. The topological polar surface area (TPSA) is 59.0 Å². The van der Waals surface area contributed by atoms with Gasteiger partial charge in [0.1, 0.15) is 18.1 Å². The quantitative estimate of drug-likeness (QED) is 0.732. The number of carboxylic acid groups (broad SMARTS) is 1. The van der Waals surface area contributed by atoms with Crippen LogP contribution in [0.5, 0.6) is 11.5 Å². The smallest absolute Gasteiger partial charge is 0.309 e. The largest absolute Gasteiger partial charge is 0.489 e. The van der Waals surface area contributed by atoms with E-state index in [2.05, 4.69) is 4.90 Å². The fourth-order valence-corrected chi connectivity index (χ4v) is 3.20. The minimum absolute atomic E-state index is 0.0781. The molecule has 1 fully saturated rings. The first-order chi connectivity index (χ1) is 12.9. The molecule has 0 unspecified atom stereocenters. The molecular weight excluding hydrogens is 366 g/mol. The molecule has 6 heteroatoms. The molecule has 5 nitrogen and oxygen atoms in total. The van der Waals surface area contributed by atoms with Crippen LogP contribution in [0.25, 0.3) is 0 Å². The number of carbonyl (C=O) groups is 1. The zero-order valence-electron chi connectivity index (χ0n) is 15.5. The number of hydrogen-bond acceptors (Lipinski definition) is 4. The molecule has 0 aromatic heterocycles. The molecule has 2 aromatic rings. The van der Waals surface area contributed by atoms with Crippen LogP contribution in [0, 0.1) is 5.92 Å². The molecular formula is C21H24ClNO4. The normalized spacial score (nSPS) is 14.8. The fraction of sp³-hybridized carbons (Fsp3) is 0.381. The van der Waals surface area contributed by atoms with Gasteiger partial charge in [0.15, 0.2) is 0 Å². The molecule has 0 atom stereocenters. The molecule has 3 rings (SSSR count). The molecule has 0 radical (unpaired) electrons. The van der Waals surface area contributed by atoms with Crippen molar-refractivity contribution in [3.8, 4) is 11.5 Å². The number of benzene rings is 2. The van der Waals surface area contributed by atoms with E-state index in [1.54, 1.807) is 0 Å². The number of aliphatic carboxylic acids is 1. The Balaban J connectivity index is 1.49. The van der Waals surface area contributed by atoms with Gasteiger partial charge in [-0.15, -0.1) is 0 Å². The van der Waals surface area contributed by atoms with Crippen molar-refractivity contribution in [3.63, 3.8) is 0 Å². The highest BCUT2D eigenvalue weighted by molar-refractivity contribution is 6.32. The Hall–Kier alpha value is -2.24. The van der Waals surface area contributed by atoms with Gasteiger partial charge in [0, 0.05) is 19.6 Å². The molecule has 2 aromatic carbocycles. The van der Waals surface area contributed by atoms with Crippen molar-refractivity contribution in [1.29, 1.82) is 0 Å². The molecule has 1 N–H and O–H groups in total. The van der Waals surface area contributed by atoms with Crippen LogP contribution in [-0.2, 0) is 17.9 Å². The summed E-state index contributed by atoms with van der Waals surface area (Å²) in [6.45, 7) is 6.34. The van der Waals surface area contributed by atoms with E-state index in [4.69, 9.17) is 26.2 Å². The molecule has 1 heterocycles. The van der Waals surface area contributed by atoms with Gasteiger partial charge in [0.05, 0.1) is 17.0 Å². The van der Waals surface area contributed by atoms with Crippen molar-refractivity contribution in [3.05, 3.63) is 58.6 Å². The Kier molecular flexibility index (Phi) is 6.24. The molecule has 1 aliphatic heterocycles. The number of likely N-dealkylation sites (tertiary alicyclic amines) is 1. The van der Waals surface area contributed by atoms with E-state index in [1.807, 2.05) is 56.3 Å². The van der Waals surface area contributed by atoms with E-state index in [0.29, 0.717) is 30.5 Å². The molecule has 1 aliphatic rings. The van der Waals surface area contributed by atoms with Gasteiger partial charge in [-0.25, -0.2) is 0 Å². The summed E-state index contributed by atoms with van der Waals surface area (Å²) in [6, 6.07) is 13.5. The molecule has 0 bridgehead atoms. The molecule has 27 heavy (non-hydrogen) atoms. The van der Waals surface area contributed by atoms with Gasteiger partial charge >= 0.3 is 5.97 Å². The number of ether oxygens (including phenoxy) is 2. The van der Waals surface area contributed by atoms with Crippen LogP contribution in [0.2, 0.25) is 5.02 Å². The Labute approximate surface area is 164 Å². The van der Waals surface area contributed by atoms with Gasteiger partial charge < -0.3 is 14.6 Å². The summed E-state index contributed by atoms with van der Waals surface area (Å²) in [7, 11) is 0. The third-order valence-corrected chi connectivity index (χ3v) is 4.70. The van der Waals surface area contributed by atoms with Crippen LogP contribution in [0.15, 0.2) is 42.5 Å². The summed E-state index contributed by atoms with van der Waals surface area (Å²) in [4.78, 5) is 13.0. The highest BCUT2D eigenvalue weighted by Crippen LogP contribution is 2.27. The number of carboxylic acids is 1. The summed E-state index contributed by atoms with van der Waals surface area (Å²) in [5, 5.41) is 9.50. The lowest BCUT2D eigenvalue weighted by atomic mass is 10.00.